The summed E-state index contributed by atoms with van der Waals surface area (Å²) in [4.78, 5) is 10.7. The molecule has 1 amide bonds. The molecule has 0 radical (unpaired) electrons. The first kappa shape index (κ1) is 14.5. The van der Waals surface area contributed by atoms with Gasteiger partial charge in [0.1, 0.15) is 6.10 Å². The SMILES string of the molecule is CC(=O)NCCC(O)C(O)c1ccc2c(C)[nH]nc2c1. The number of hydrogen-bond acceptors (Lipinski definition) is 4. The van der Waals surface area contributed by atoms with Crippen LogP contribution in [0.3, 0.4) is 0 Å². The molecule has 2 atom stereocenters. The number of benzene rings is 1. The van der Waals surface area contributed by atoms with E-state index in [1.54, 1.807) is 12.1 Å². The van der Waals surface area contributed by atoms with Gasteiger partial charge in [0.2, 0.25) is 5.91 Å². The van der Waals surface area contributed by atoms with Gasteiger partial charge in [0, 0.05) is 24.5 Å². The number of aryl methyl sites for hydroxylation is 1. The molecule has 0 aliphatic carbocycles. The zero-order valence-electron chi connectivity index (χ0n) is 11.6. The molecule has 0 saturated heterocycles. The van der Waals surface area contributed by atoms with Crippen molar-refractivity contribution in [2.45, 2.75) is 32.5 Å². The first-order valence-corrected chi connectivity index (χ1v) is 6.54. The molecule has 108 valence electrons. The maximum Gasteiger partial charge on any atom is 0.216 e. The molecule has 0 fully saturated rings. The number of hydrogen-bond donors (Lipinski definition) is 4. The van der Waals surface area contributed by atoms with Crippen LogP contribution in [-0.2, 0) is 4.79 Å². The third-order valence-electron chi connectivity index (χ3n) is 3.29. The Morgan fingerprint density at radius 2 is 2.20 bits per heavy atom. The lowest BCUT2D eigenvalue weighted by molar-refractivity contribution is -0.119. The average molecular weight is 277 g/mol. The molecule has 4 N–H and O–H groups in total. The van der Waals surface area contributed by atoms with Crippen LogP contribution in [0.15, 0.2) is 18.2 Å². The van der Waals surface area contributed by atoms with Gasteiger partial charge < -0.3 is 15.5 Å². The normalized spacial score (nSPS) is 14.2. The van der Waals surface area contributed by atoms with Crippen LogP contribution >= 0.6 is 0 Å². The van der Waals surface area contributed by atoms with Crippen LogP contribution < -0.4 is 5.32 Å². The van der Waals surface area contributed by atoms with Gasteiger partial charge in [-0.2, -0.15) is 5.10 Å². The van der Waals surface area contributed by atoms with Gasteiger partial charge in [0.25, 0.3) is 0 Å². The second-order valence-electron chi connectivity index (χ2n) is 4.91. The maximum absolute atomic E-state index is 10.7. The number of nitrogens with one attached hydrogen (secondary N) is 2. The van der Waals surface area contributed by atoms with E-state index in [9.17, 15) is 15.0 Å². The monoisotopic (exact) mass is 277 g/mol. The maximum atomic E-state index is 10.7. The number of rotatable bonds is 5. The minimum Gasteiger partial charge on any atom is -0.390 e. The molecule has 2 rings (SSSR count). The van der Waals surface area contributed by atoms with E-state index in [2.05, 4.69) is 15.5 Å². The predicted molar refractivity (Wildman–Crippen MR) is 75.1 cm³/mol. The van der Waals surface area contributed by atoms with Gasteiger partial charge in [-0.25, -0.2) is 0 Å². The number of nitrogens with zero attached hydrogens (tertiary/aromatic N) is 1. The summed E-state index contributed by atoms with van der Waals surface area (Å²) < 4.78 is 0. The van der Waals surface area contributed by atoms with E-state index in [4.69, 9.17) is 0 Å². The third kappa shape index (κ3) is 3.15. The molecule has 1 aromatic heterocycles. The van der Waals surface area contributed by atoms with Crippen molar-refractivity contribution >= 4 is 16.8 Å². The Morgan fingerprint density at radius 3 is 2.90 bits per heavy atom. The summed E-state index contributed by atoms with van der Waals surface area (Å²) in [5, 5.41) is 30.6. The third-order valence-corrected chi connectivity index (χ3v) is 3.29. The van der Waals surface area contributed by atoms with Crippen LogP contribution in [-0.4, -0.2) is 39.0 Å². The fourth-order valence-electron chi connectivity index (χ4n) is 2.12. The lowest BCUT2D eigenvalue weighted by Crippen LogP contribution is -2.27. The van der Waals surface area contributed by atoms with Gasteiger partial charge in [-0.1, -0.05) is 12.1 Å². The molecule has 2 aromatic rings. The number of aliphatic hydroxyl groups is 2. The van der Waals surface area contributed by atoms with E-state index in [0.717, 1.165) is 16.6 Å². The van der Waals surface area contributed by atoms with Crippen molar-refractivity contribution in [1.29, 1.82) is 0 Å². The Morgan fingerprint density at radius 1 is 1.45 bits per heavy atom. The van der Waals surface area contributed by atoms with E-state index >= 15 is 0 Å². The first-order chi connectivity index (χ1) is 9.49. The highest BCUT2D eigenvalue weighted by molar-refractivity contribution is 5.81. The molecule has 6 heteroatoms. The van der Waals surface area contributed by atoms with Crippen LogP contribution in [0.2, 0.25) is 0 Å². The summed E-state index contributed by atoms with van der Waals surface area (Å²) in [5.74, 6) is -0.153. The van der Waals surface area contributed by atoms with Crippen LogP contribution in [0.4, 0.5) is 0 Å². The molecule has 0 saturated carbocycles. The number of aliphatic hydroxyl groups excluding tert-OH is 2. The molecule has 1 aromatic carbocycles. The summed E-state index contributed by atoms with van der Waals surface area (Å²) in [7, 11) is 0. The van der Waals surface area contributed by atoms with Crippen LogP contribution in [0.1, 0.15) is 30.7 Å². The molecule has 1 heterocycles. The highest BCUT2D eigenvalue weighted by Crippen LogP contribution is 2.23. The summed E-state index contributed by atoms with van der Waals surface area (Å²) in [6, 6.07) is 5.40. The lowest BCUT2D eigenvalue weighted by atomic mass is 10.0. The highest BCUT2D eigenvalue weighted by Gasteiger charge is 2.19. The van der Waals surface area contributed by atoms with Gasteiger partial charge in [0.05, 0.1) is 11.6 Å². The molecule has 0 bridgehead atoms. The van der Waals surface area contributed by atoms with E-state index in [0.29, 0.717) is 18.5 Å². The number of aromatic amines is 1. The van der Waals surface area contributed by atoms with E-state index in [1.165, 1.54) is 6.92 Å². The van der Waals surface area contributed by atoms with Crippen molar-refractivity contribution < 1.29 is 15.0 Å². The number of amides is 1. The molecule has 0 aliphatic heterocycles. The molecule has 2 unspecified atom stereocenters. The standard InChI is InChI=1S/C14H19N3O3/c1-8-11-4-3-10(7-12(11)17-16-8)14(20)13(19)5-6-15-9(2)18/h3-4,7,13-14,19-20H,5-6H2,1-2H3,(H,15,18)(H,16,17). The molecular formula is C14H19N3O3. The van der Waals surface area contributed by atoms with Crippen LogP contribution in [0.5, 0.6) is 0 Å². The van der Waals surface area contributed by atoms with Crippen molar-refractivity contribution in [2.24, 2.45) is 0 Å². The fourth-order valence-corrected chi connectivity index (χ4v) is 2.12. The minimum atomic E-state index is -0.995. The van der Waals surface area contributed by atoms with Crippen molar-refractivity contribution in [2.75, 3.05) is 6.54 Å². The number of carbonyl (C=O) groups excluding carboxylic acids is 1. The highest BCUT2D eigenvalue weighted by atomic mass is 16.3. The summed E-state index contributed by atoms with van der Waals surface area (Å²) in [5.41, 5.74) is 2.33. The molecule has 6 nitrogen and oxygen atoms in total. The van der Waals surface area contributed by atoms with Gasteiger partial charge in [-0.05, 0) is 25.0 Å². The van der Waals surface area contributed by atoms with Crippen molar-refractivity contribution in [3.8, 4) is 0 Å². The molecule has 0 spiro atoms. The zero-order valence-corrected chi connectivity index (χ0v) is 11.6. The minimum absolute atomic E-state index is 0.153. The molecule has 20 heavy (non-hydrogen) atoms. The van der Waals surface area contributed by atoms with Crippen molar-refractivity contribution in [1.82, 2.24) is 15.5 Å². The average Bonchev–Trinajstić information content (AvgIpc) is 2.78. The van der Waals surface area contributed by atoms with Gasteiger partial charge in [-0.3, -0.25) is 9.89 Å². The van der Waals surface area contributed by atoms with Crippen molar-refractivity contribution in [3.05, 3.63) is 29.5 Å². The van der Waals surface area contributed by atoms with Crippen molar-refractivity contribution in [3.63, 3.8) is 0 Å². The lowest BCUT2D eigenvalue weighted by Gasteiger charge is -2.18. The number of H-pyrrole nitrogens is 1. The quantitative estimate of drug-likeness (QED) is 0.649. The summed E-state index contributed by atoms with van der Waals surface area (Å²) >= 11 is 0. The van der Waals surface area contributed by atoms with Crippen LogP contribution in [0, 0.1) is 6.92 Å². The van der Waals surface area contributed by atoms with E-state index in [1.807, 2.05) is 13.0 Å². The summed E-state index contributed by atoms with van der Waals surface area (Å²) in [6.07, 6.45) is -1.64. The Bertz CT molecular complexity index is 609. The second kappa shape index (κ2) is 6.02. The van der Waals surface area contributed by atoms with E-state index in [-0.39, 0.29) is 5.91 Å². The predicted octanol–water partition coefficient (Wildman–Crippen LogP) is 0.792. The first-order valence-electron chi connectivity index (χ1n) is 6.54. The largest absolute Gasteiger partial charge is 0.390 e. The smallest absolute Gasteiger partial charge is 0.216 e. The number of fused-ring (bicyclic) bond motifs is 1. The topological polar surface area (TPSA) is 98.2 Å². The number of aromatic nitrogens is 2. The Balaban J connectivity index is 2.06. The van der Waals surface area contributed by atoms with Crippen LogP contribution in [0.25, 0.3) is 10.9 Å². The van der Waals surface area contributed by atoms with E-state index < -0.39 is 12.2 Å². The number of carbonyl (C=O) groups is 1. The Labute approximate surface area is 116 Å². The van der Waals surface area contributed by atoms with Gasteiger partial charge in [-0.15, -0.1) is 0 Å². The zero-order chi connectivity index (χ0) is 14.7. The Hall–Kier alpha value is -1.92. The molecule has 0 aliphatic rings. The second-order valence-corrected chi connectivity index (χ2v) is 4.91. The Kier molecular flexibility index (Phi) is 4.36. The van der Waals surface area contributed by atoms with Gasteiger partial charge in [0.15, 0.2) is 0 Å². The molecular weight excluding hydrogens is 258 g/mol. The summed E-state index contributed by atoms with van der Waals surface area (Å²) in [6.45, 7) is 3.67. The van der Waals surface area contributed by atoms with Gasteiger partial charge >= 0.3 is 0 Å². The fraction of sp³-hybridized carbons (Fsp3) is 0.429.